The van der Waals surface area contributed by atoms with Gasteiger partial charge in [0.2, 0.25) is 0 Å². The Kier molecular flexibility index (Phi) is 3.00. The third-order valence-electron chi connectivity index (χ3n) is 3.73. The number of hydrogen-bond acceptors (Lipinski definition) is 3. The van der Waals surface area contributed by atoms with E-state index < -0.39 is 11.5 Å². The molecular weight excluding hydrogens is 228 g/mol. The van der Waals surface area contributed by atoms with Crippen LogP contribution in [0.1, 0.15) is 30.9 Å². The molecule has 0 spiro atoms. The first kappa shape index (κ1) is 12.4. The Labute approximate surface area is 106 Å². The number of aliphatic carboxylic acids is 1. The van der Waals surface area contributed by atoms with Crippen molar-refractivity contribution in [3.05, 3.63) is 29.3 Å². The molecule has 0 saturated carbocycles. The normalized spacial score (nSPS) is 22.8. The minimum absolute atomic E-state index is 0.546. The van der Waals surface area contributed by atoms with Crippen LogP contribution in [-0.4, -0.2) is 23.2 Å². The highest BCUT2D eigenvalue weighted by molar-refractivity contribution is 5.85. The highest BCUT2D eigenvalue weighted by Gasteiger charge is 2.44. The molecule has 4 nitrogen and oxygen atoms in total. The number of carboxylic acid groups (broad SMARTS) is 1. The lowest BCUT2D eigenvalue weighted by Gasteiger charge is -2.34. The van der Waals surface area contributed by atoms with E-state index in [9.17, 15) is 15.2 Å². The van der Waals surface area contributed by atoms with Gasteiger partial charge in [0.1, 0.15) is 11.6 Å². The van der Waals surface area contributed by atoms with Gasteiger partial charge in [0.05, 0.1) is 11.3 Å². The van der Waals surface area contributed by atoms with Crippen molar-refractivity contribution in [3.63, 3.8) is 0 Å². The van der Waals surface area contributed by atoms with Crippen LogP contribution >= 0.6 is 0 Å². The Hall–Kier alpha value is -2.02. The minimum Gasteiger partial charge on any atom is -0.480 e. The molecule has 94 valence electrons. The third-order valence-corrected chi connectivity index (χ3v) is 3.73. The number of carbonyl (C=O) groups is 1. The maximum absolute atomic E-state index is 11.5. The summed E-state index contributed by atoms with van der Waals surface area (Å²) in [6, 6.07) is 7.63. The number of nitrogens with zero attached hydrogens (tertiary/aromatic N) is 2. The zero-order chi connectivity index (χ0) is 13.3. The fourth-order valence-corrected chi connectivity index (χ4v) is 2.65. The zero-order valence-corrected chi connectivity index (χ0v) is 10.6. The average molecular weight is 244 g/mol. The van der Waals surface area contributed by atoms with Gasteiger partial charge in [-0.25, -0.2) is 4.79 Å². The molecule has 0 radical (unpaired) electrons. The molecule has 0 aliphatic carbocycles. The number of aryl methyl sites for hydroxylation is 1. The third kappa shape index (κ3) is 1.72. The van der Waals surface area contributed by atoms with E-state index in [2.05, 4.69) is 6.07 Å². The summed E-state index contributed by atoms with van der Waals surface area (Å²) in [6.45, 7) is 4.33. The maximum Gasteiger partial charge on any atom is 0.329 e. The molecular formula is C14H16N2O2. The van der Waals surface area contributed by atoms with Crippen LogP contribution in [0.25, 0.3) is 0 Å². The van der Waals surface area contributed by atoms with E-state index >= 15 is 0 Å². The largest absolute Gasteiger partial charge is 0.480 e. The Balaban J connectivity index is 2.56. The van der Waals surface area contributed by atoms with E-state index in [-0.39, 0.29) is 0 Å². The predicted molar refractivity (Wildman–Crippen MR) is 68.5 cm³/mol. The van der Waals surface area contributed by atoms with E-state index in [0.717, 1.165) is 17.7 Å². The maximum atomic E-state index is 11.5. The quantitative estimate of drug-likeness (QED) is 0.867. The average Bonchev–Trinajstić information content (AvgIpc) is 2.72. The van der Waals surface area contributed by atoms with Crippen LogP contribution in [0.4, 0.5) is 5.69 Å². The van der Waals surface area contributed by atoms with Crippen molar-refractivity contribution in [2.45, 2.75) is 32.2 Å². The number of nitriles is 1. The fourth-order valence-electron chi connectivity index (χ4n) is 2.65. The van der Waals surface area contributed by atoms with Crippen LogP contribution in [-0.2, 0) is 4.79 Å². The zero-order valence-electron chi connectivity index (χ0n) is 10.6. The molecule has 0 bridgehead atoms. The second-order valence-electron chi connectivity index (χ2n) is 4.92. The van der Waals surface area contributed by atoms with Gasteiger partial charge < -0.3 is 10.0 Å². The Morgan fingerprint density at radius 2 is 2.28 bits per heavy atom. The number of para-hydroxylation sites is 1. The van der Waals surface area contributed by atoms with Gasteiger partial charge in [-0.2, -0.15) is 5.26 Å². The summed E-state index contributed by atoms with van der Waals surface area (Å²) < 4.78 is 0. The molecule has 1 aromatic rings. The summed E-state index contributed by atoms with van der Waals surface area (Å²) in [5.74, 6) is -0.827. The fraction of sp³-hybridized carbons (Fsp3) is 0.429. The number of rotatable bonds is 2. The molecule has 18 heavy (non-hydrogen) atoms. The van der Waals surface area contributed by atoms with Crippen LogP contribution < -0.4 is 4.90 Å². The van der Waals surface area contributed by atoms with Crippen molar-refractivity contribution in [1.29, 1.82) is 5.26 Å². The number of hydrogen-bond donors (Lipinski definition) is 1. The molecule has 1 heterocycles. The molecule has 1 aromatic carbocycles. The summed E-state index contributed by atoms with van der Waals surface area (Å²) in [6.07, 6.45) is 1.45. The van der Waals surface area contributed by atoms with Crippen LogP contribution in [0.3, 0.4) is 0 Å². The predicted octanol–water partition coefficient (Wildman–Crippen LogP) is 2.31. The first-order valence-corrected chi connectivity index (χ1v) is 6.01. The smallest absolute Gasteiger partial charge is 0.329 e. The molecule has 1 aliphatic heterocycles. The van der Waals surface area contributed by atoms with Crippen molar-refractivity contribution in [2.75, 3.05) is 11.4 Å². The monoisotopic (exact) mass is 244 g/mol. The van der Waals surface area contributed by atoms with Gasteiger partial charge in [0, 0.05) is 6.54 Å². The van der Waals surface area contributed by atoms with Gasteiger partial charge in [-0.15, -0.1) is 0 Å². The van der Waals surface area contributed by atoms with Crippen molar-refractivity contribution in [1.82, 2.24) is 0 Å². The molecule has 1 fully saturated rings. The van der Waals surface area contributed by atoms with Gasteiger partial charge in [0.25, 0.3) is 0 Å². The second-order valence-corrected chi connectivity index (χ2v) is 4.92. The second kappa shape index (κ2) is 4.34. The highest BCUT2D eigenvalue weighted by Crippen LogP contribution is 2.37. The first-order chi connectivity index (χ1) is 8.50. The highest BCUT2D eigenvalue weighted by atomic mass is 16.4. The van der Waals surface area contributed by atoms with E-state index in [1.165, 1.54) is 0 Å². The number of anilines is 1. The first-order valence-electron chi connectivity index (χ1n) is 6.01. The SMILES string of the molecule is Cc1cccc(C#N)c1N1CCCC1(C)C(=O)O. The molecule has 1 saturated heterocycles. The molecule has 4 heteroatoms. The van der Waals surface area contributed by atoms with Gasteiger partial charge in [0.15, 0.2) is 0 Å². The molecule has 0 amide bonds. The Morgan fingerprint density at radius 3 is 2.89 bits per heavy atom. The number of benzene rings is 1. The van der Waals surface area contributed by atoms with Gasteiger partial charge >= 0.3 is 5.97 Å². The van der Waals surface area contributed by atoms with Crippen molar-refractivity contribution in [3.8, 4) is 6.07 Å². The molecule has 0 aromatic heterocycles. The summed E-state index contributed by atoms with van der Waals surface area (Å²) in [7, 11) is 0. The lowest BCUT2D eigenvalue weighted by atomic mass is 9.97. The van der Waals surface area contributed by atoms with Gasteiger partial charge in [-0.05, 0) is 38.3 Å². The summed E-state index contributed by atoms with van der Waals surface area (Å²) >= 11 is 0. The molecule has 1 N–H and O–H groups in total. The van der Waals surface area contributed by atoms with Crippen molar-refractivity contribution >= 4 is 11.7 Å². The lowest BCUT2D eigenvalue weighted by Crippen LogP contribution is -2.48. The van der Waals surface area contributed by atoms with Crippen LogP contribution in [0.2, 0.25) is 0 Å². The van der Waals surface area contributed by atoms with E-state index in [0.29, 0.717) is 18.5 Å². The molecule has 2 rings (SSSR count). The topological polar surface area (TPSA) is 64.3 Å². The van der Waals surface area contributed by atoms with E-state index in [1.807, 2.05) is 24.0 Å². The van der Waals surface area contributed by atoms with Crippen LogP contribution in [0.5, 0.6) is 0 Å². The van der Waals surface area contributed by atoms with E-state index in [4.69, 9.17) is 0 Å². The van der Waals surface area contributed by atoms with E-state index in [1.54, 1.807) is 13.0 Å². The molecule has 1 aliphatic rings. The number of carboxylic acids is 1. The molecule has 1 atom stereocenters. The summed E-state index contributed by atoms with van der Waals surface area (Å²) in [5, 5.41) is 18.6. The van der Waals surface area contributed by atoms with Crippen LogP contribution in [0.15, 0.2) is 18.2 Å². The summed E-state index contributed by atoms with van der Waals surface area (Å²) in [5.41, 5.74) is 1.35. The van der Waals surface area contributed by atoms with Gasteiger partial charge in [-0.3, -0.25) is 0 Å². The van der Waals surface area contributed by atoms with Crippen molar-refractivity contribution in [2.24, 2.45) is 0 Å². The van der Waals surface area contributed by atoms with Crippen molar-refractivity contribution < 1.29 is 9.90 Å². The molecule has 1 unspecified atom stereocenters. The Bertz CT molecular complexity index is 533. The standard InChI is InChI=1S/C14H16N2O2/c1-10-5-3-6-11(9-15)12(10)16-8-4-7-14(16,2)13(17)18/h3,5-6H,4,7-8H2,1-2H3,(H,17,18). The summed E-state index contributed by atoms with van der Waals surface area (Å²) in [4.78, 5) is 13.4. The Morgan fingerprint density at radius 1 is 1.56 bits per heavy atom. The van der Waals surface area contributed by atoms with Crippen LogP contribution in [0, 0.1) is 18.3 Å². The van der Waals surface area contributed by atoms with Gasteiger partial charge in [-0.1, -0.05) is 12.1 Å². The minimum atomic E-state index is -0.905. The lowest BCUT2D eigenvalue weighted by molar-refractivity contribution is -0.142.